The number of allylic oxidation sites excluding steroid dienone is 2. The molecule has 0 spiro atoms. The molecule has 31 heavy (non-hydrogen) atoms. The van der Waals surface area contributed by atoms with Gasteiger partial charge in [-0.05, 0) is 94.0 Å². The van der Waals surface area contributed by atoms with Crippen LogP contribution in [-0.4, -0.2) is 32.0 Å². The summed E-state index contributed by atoms with van der Waals surface area (Å²) >= 11 is 0. The second-order valence-electron chi connectivity index (χ2n) is 11.1. The first kappa shape index (κ1) is 22.8. The molecule has 4 aliphatic rings. The van der Waals surface area contributed by atoms with Crippen LogP contribution in [0.1, 0.15) is 86.0 Å². The quantitative estimate of drug-likeness (QED) is 0.446. The standard InChI is InChI=1S/C24H37NO5S/c1-15-18-8-7-17-19(22(18,3)12-11-21(15)25-30-31(6,27)28)9-13-23(4)20(17)10-14-24(23,5)29-16(2)26/h17,19-20H,7-14H2,1-6H3/b25-21+/t17-,19+,20+,22+,23+,24+/m1/s1. The molecule has 0 bridgehead atoms. The van der Waals surface area contributed by atoms with Gasteiger partial charge in [0.05, 0.1) is 12.0 Å². The Balaban J connectivity index is 1.63. The Kier molecular flexibility index (Phi) is 5.39. The van der Waals surface area contributed by atoms with E-state index in [1.54, 1.807) is 0 Å². The number of hydrogen-bond acceptors (Lipinski definition) is 6. The molecule has 0 aliphatic heterocycles. The van der Waals surface area contributed by atoms with E-state index >= 15 is 0 Å². The van der Waals surface area contributed by atoms with Gasteiger partial charge in [0.15, 0.2) is 0 Å². The van der Waals surface area contributed by atoms with Crippen LogP contribution in [0.4, 0.5) is 0 Å². The highest BCUT2D eigenvalue weighted by Gasteiger charge is 2.64. The summed E-state index contributed by atoms with van der Waals surface area (Å²) in [5, 5.41) is 3.99. The van der Waals surface area contributed by atoms with Crippen LogP contribution in [0.3, 0.4) is 0 Å². The summed E-state index contributed by atoms with van der Waals surface area (Å²) in [6.07, 6.45) is 9.25. The lowest BCUT2D eigenvalue weighted by molar-refractivity contribution is -0.177. The lowest BCUT2D eigenvalue weighted by Crippen LogP contribution is -2.55. The SMILES string of the molecule is CC(=O)O[C@@]1(C)CC[C@H]2[C@@H]3CCC4=C(C)/C(=N/OS(C)(=O)=O)CC[C@]4(C)[C@H]3CC[C@@]21C. The number of nitrogens with zero attached hydrogens (tertiary/aromatic N) is 1. The van der Waals surface area contributed by atoms with Crippen molar-refractivity contribution < 1.29 is 22.2 Å². The van der Waals surface area contributed by atoms with Gasteiger partial charge in [-0.25, -0.2) is 0 Å². The zero-order valence-electron chi connectivity index (χ0n) is 19.8. The third-order valence-electron chi connectivity index (χ3n) is 9.62. The molecule has 3 saturated carbocycles. The van der Waals surface area contributed by atoms with Crippen LogP contribution in [0.2, 0.25) is 0 Å². The largest absolute Gasteiger partial charge is 0.459 e. The highest BCUT2D eigenvalue weighted by atomic mass is 32.2. The van der Waals surface area contributed by atoms with Crippen LogP contribution in [0.5, 0.6) is 0 Å². The molecule has 0 unspecified atom stereocenters. The van der Waals surface area contributed by atoms with Crippen LogP contribution in [0.15, 0.2) is 16.3 Å². The molecule has 6 nitrogen and oxygen atoms in total. The third kappa shape index (κ3) is 3.55. The summed E-state index contributed by atoms with van der Waals surface area (Å²) < 4.78 is 33.5. The minimum atomic E-state index is -3.59. The molecule has 4 aliphatic carbocycles. The lowest BCUT2D eigenvalue weighted by atomic mass is 9.46. The summed E-state index contributed by atoms with van der Waals surface area (Å²) in [5.74, 6) is 1.67. The second-order valence-corrected chi connectivity index (χ2v) is 12.6. The highest BCUT2D eigenvalue weighted by Crippen LogP contribution is 2.68. The fourth-order valence-corrected chi connectivity index (χ4v) is 8.16. The van der Waals surface area contributed by atoms with Gasteiger partial charge in [0.1, 0.15) is 5.60 Å². The van der Waals surface area contributed by atoms with Crippen LogP contribution < -0.4 is 0 Å². The van der Waals surface area contributed by atoms with Crippen LogP contribution >= 0.6 is 0 Å². The molecule has 0 radical (unpaired) electrons. The molecular weight excluding hydrogens is 414 g/mol. The Labute approximate surface area is 186 Å². The van der Waals surface area contributed by atoms with Crippen molar-refractivity contribution in [1.82, 2.24) is 0 Å². The number of hydrogen-bond donors (Lipinski definition) is 0. The first-order valence-electron chi connectivity index (χ1n) is 11.7. The van der Waals surface area contributed by atoms with Crippen molar-refractivity contribution in [3.8, 4) is 0 Å². The minimum absolute atomic E-state index is 0.0388. The number of esters is 1. The summed E-state index contributed by atoms with van der Waals surface area (Å²) in [5.41, 5.74) is 3.15. The molecule has 0 aromatic heterocycles. The number of carbonyl (C=O) groups is 1. The summed E-state index contributed by atoms with van der Waals surface area (Å²) in [4.78, 5) is 11.8. The van der Waals surface area contributed by atoms with Gasteiger partial charge in [0, 0.05) is 12.3 Å². The van der Waals surface area contributed by atoms with Crippen molar-refractivity contribution in [3.05, 3.63) is 11.1 Å². The van der Waals surface area contributed by atoms with Gasteiger partial charge in [0.2, 0.25) is 0 Å². The number of carbonyl (C=O) groups excluding carboxylic acids is 1. The maximum Gasteiger partial charge on any atom is 0.325 e. The minimum Gasteiger partial charge on any atom is -0.459 e. The molecule has 7 heteroatoms. The van der Waals surface area contributed by atoms with Crippen LogP contribution in [0.25, 0.3) is 0 Å². The number of oxime groups is 1. The van der Waals surface area contributed by atoms with E-state index in [-0.39, 0.29) is 22.4 Å². The van der Waals surface area contributed by atoms with Crippen LogP contribution in [-0.2, 0) is 23.9 Å². The average molecular weight is 452 g/mol. The molecule has 3 fully saturated rings. The Morgan fingerprint density at radius 1 is 1.03 bits per heavy atom. The van der Waals surface area contributed by atoms with Crippen molar-refractivity contribution in [2.24, 2.45) is 33.7 Å². The molecule has 0 heterocycles. The zero-order chi connectivity index (χ0) is 22.8. The van der Waals surface area contributed by atoms with Crippen molar-refractivity contribution in [1.29, 1.82) is 0 Å². The maximum absolute atomic E-state index is 11.8. The van der Waals surface area contributed by atoms with Crippen molar-refractivity contribution >= 4 is 21.8 Å². The van der Waals surface area contributed by atoms with E-state index in [1.165, 1.54) is 12.5 Å². The molecule has 174 valence electrons. The molecule has 0 aromatic rings. The number of rotatable bonds is 3. The predicted molar refractivity (Wildman–Crippen MR) is 120 cm³/mol. The molecule has 0 saturated heterocycles. The van der Waals surface area contributed by atoms with Crippen molar-refractivity contribution in [3.63, 3.8) is 0 Å². The fourth-order valence-electron chi connectivity index (χ4n) is 7.93. The number of fused-ring (bicyclic) bond motifs is 5. The first-order chi connectivity index (χ1) is 14.3. The zero-order valence-corrected chi connectivity index (χ0v) is 20.6. The highest BCUT2D eigenvalue weighted by molar-refractivity contribution is 7.85. The van der Waals surface area contributed by atoms with Crippen molar-refractivity contribution in [2.45, 2.75) is 91.6 Å². The van der Waals surface area contributed by atoms with Gasteiger partial charge in [-0.2, -0.15) is 8.42 Å². The lowest BCUT2D eigenvalue weighted by Gasteiger charge is -2.59. The number of ether oxygens (including phenoxy) is 1. The smallest absolute Gasteiger partial charge is 0.325 e. The van der Waals surface area contributed by atoms with E-state index in [2.05, 4.69) is 32.9 Å². The molecule has 0 aromatic carbocycles. The first-order valence-corrected chi connectivity index (χ1v) is 13.5. The average Bonchev–Trinajstić information content (AvgIpc) is 2.90. The van der Waals surface area contributed by atoms with E-state index < -0.39 is 10.1 Å². The molecule has 0 N–H and O–H groups in total. The second kappa shape index (κ2) is 7.32. The van der Waals surface area contributed by atoms with Gasteiger partial charge >= 0.3 is 16.1 Å². The van der Waals surface area contributed by atoms with Gasteiger partial charge < -0.3 is 4.74 Å². The topological polar surface area (TPSA) is 82.0 Å². The molecule has 6 atom stereocenters. The Morgan fingerprint density at radius 2 is 1.71 bits per heavy atom. The third-order valence-corrected chi connectivity index (χ3v) is 9.97. The van der Waals surface area contributed by atoms with Gasteiger partial charge in [-0.1, -0.05) is 24.6 Å². The van der Waals surface area contributed by atoms with E-state index in [0.29, 0.717) is 17.8 Å². The Morgan fingerprint density at radius 3 is 2.35 bits per heavy atom. The molecule has 0 amide bonds. The molecular formula is C24H37NO5S. The van der Waals surface area contributed by atoms with Crippen LogP contribution in [0, 0.1) is 28.6 Å². The maximum atomic E-state index is 11.8. The van der Waals surface area contributed by atoms with Gasteiger partial charge in [-0.3, -0.25) is 9.08 Å². The Hall–Kier alpha value is -1.37. The monoisotopic (exact) mass is 451 g/mol. The molecule has 4 rings (SSSR count). The summed E-state index contributed by atoms with van der Waals surface area (Å²) in [6.45, 7) is 10.5. The predicted octanol–water partition coefficient (Wildman–Crippen LogP) is 4.99. The summed E-state index contributed by atoms with van der Waals surface area (Å²) in [7, 11) is -3.59. The van der Waals surface area contributed by atoms with E-state index in [0.717, 1.165) is 68.9 Å². The van der Waals surface area contributed by atoms with Gasteiger partial charge in [0.25, 0.3) is 0 Å². The van der Waals surface area contributed by atoms with E-state index in [9.17, 15) is 13.2 Å². The van der Waals surface area contributed by atoms with E-state index in [1.807, 2.05) is 0 Å². The normalized spacial score (nSPS) is 43.8. The fraction of sp³-hybridized carbons (Fsp3) is 0.833. The van der Waals surface area contributed by atoms with Crippen molar-refractivity contribution in [2.75, 3.05) is 6.26 Å². The van der Waals surface area contributed by atoms with E-state index in [4.69, 9.17) is 9.02 Å². The van der Waals surface area contributed by atoms with Gasteiger partial charge in [-0.15, -0.1) is 0 Å². The Bertz CT molecular complexity index is 953. The summed E-state index contributed by atoms with van der Waals surface area (Å²) in [6, 6.07) is 0.